The van der Waals surface area contributed by atoms with E-state index >= 15 is 0 Å². The average Bonchev–Trinajstić information content (AvgIpc) is 2.76. The zero-order chi connectivity index (χ0) is 12.4. The summed E-state index contributed by atoms with van der Waals surface area (Å²) in [4.78, 5) is 4.39. The lowest BCUT2D eigenvalue weighted by Crippen LogP contribution is -2.05. The molecule has 4 nitrogen and oxygen atoms in total. The number of nitrogen functional groups attached to an aromatic ring is 1. The van der Waals surface area contributed by atoms with Crippen LogP contribution in [0.5, 0.6) is 0 Å². The molecule has 0 saturated carbocycles. The van der Waals surface area contributed by atoms with Crippen LogP contribution in [0.2, 0.25) is 0 Å². The van der Waals surface area contributed by atoms with E-state index < -0.39 is 0 Å². The summed E-state index contributed by atoms with van der Waals surface area (Å²) in [5.74, 6) is 0.796. The summed E-state index contributed by atoms with van der Waals surface area (Å²) in [5, 5.41) is 4.54. The van der Waals surface area contributed by atoms with Gasteiger partial charge in [0.1, 0.15) is 0 Å². The zero-order valence-corrected chi connectivity index (χ0v) is 10.6. The minimum atomic E-state index is 0.755. The van der Waals surface area contributed by atoms with E-state index in [2.05, 4.69) is 30.0 Å². The summed E-state index contributed by atoms with van der Waals surface area (Å²) in [6.45, 7) is 6.17. The van der Waals surface area contributed by atoms with Gasteiger partial charge in [-0.15, -0.1) is 0 Å². The molecule has 0 unspecified atom stereocenters. The third-order valence-corrected chi connectivity index (χ3v) is 2.91. The van der Waals surface area contributed by atoms with Crippen molar-refractivity contribution < 1.29 is 0 Å². The molecule has 0 fully saturated rings. The van der Waals surface area contributed by atoms with Crippen LogP contribution in [0.25, 0.3) is 5.82 Å². The Balaban J connectivity index is 2.51. The Labute approximate surface area is 101 Å². The number of nitrogens with two attached hydrogens (primary N) is 1. The summed E-state index contributed by atoms with van der Waals surface area (Å²) in [5.41, 5.74) is 9.91. The van der Waals surface area contributed by atoms with Crippen molar-refractivity contribution in [3.8, 4) is 5.82 Å². The molecule has 90 valence electrons. The van der Waals surface area contributed by atoms with Crippen molar-refractivity contribution in [3.63, 3.8) is 0 Å². The number of aryl methyl sites for hydroxylation is 3. The smallest absolute Gasteiger partial charge is 0.155 e. The Morgan fingerprint density at radius 2 is 2.00 bits per heavy atom. The van der Waals surface area contributed by atoms with Crippen molar-refractivity contribution >= 4 is 5.69 Å². The molecule has 0 aliphatic heterocycles. The highest BCUT2D eigenvalue weighted by molar-refractivity contribution is 5.49. The van der Waals surface area contributed by atoms with Gasteiger partial charge in [-0.25, -0.2) is 9.67 Å². The highest BCUT2D eigenvalue weighted by Crippen LogP contribution is 2.16. The molecule has 2 rings (SSSR count). The molecule has 0 atom stereocenters. The molecule has 2 heterocycles. The van der Waals surface area contributed by atoms with Gasteiger partial charge in [0.2, 0.25) is 0 Å². The number of rotatable bonds is 3. The van der Waals surface area contributed by atoms with Crippen LogP contribution in [0.3, 0.4) is 0 Å². The second kappa shape index (κ2) is 4.57. The summed E-state index contributed by atoms with van der Waals surface area (Å²) >= 11 is 0. The maximum atomic E-state index is 5.91. The van der Waals surface area contributed by atoms with E-state index in [0.29, 0.717) is 0 Å². The van der Waals surface area contributed by atoms with Crippen LogP contribution in [-0.2, 0) is 12.8 Å². The van der Waals surface area contributed by atoms with Crippen LogP contribution < -0.4 is 5.73 Å². The van der Waals surface area contributed by atoms with E-state index in [1.54, 1.807) is 6.20 Å². The van der Waals surface area contributed by atoms with Crippen LogP contribution in [0, 0.1) is 6.92 Å². The van der Waals surface area contributed by atoms with Gasteiger partial charge in [-0.05, 0) is 31.4 Å². The van der Waals surface area contributed by atoms with Gasteiger partial charge in [-0.3, -0.25) is 0 Å². The van der Waals surface area contributed by atoms with Gasteiger partial charge in [-0.1, -0.05) is 13.8 Å². The van der Waals surface area contributed by atoms with Crippen molar-refractivity contribution in [1.82, 2.24) is 14.8 Å². The van der Waals surface area contributed by atoms with Gasteiger partial charge < -0.3 is 5.73 Å². The number of pyridine rings is 1. The first kappa shape index (κ1) is 11.6. The molecule has 0 amide bonds. The summed E-state index contributed by atoms with van der Waals surface area (Å²) in [7, 11) is 0. The van der Waals surface area contributed by atoms with E-state index in [-0.39, 0.29) is 0 Å². The molecular weight excluding hydrogens is 212 g/mol. The molecule has 0 aromatic carbocycles. The minimum absolute atomic E-state index is 0.755. The monoisotopic (exact) mass is 230 g/mol. The maximum absolute atomic E-state index is 5.91. The molecule has 4 heteroatoms. The van der Waals surface area contributed by atoms with Crippen molar-refractivity contribution in [1.29, 1.82) is 0 Å². The number of aromatic nitrogens is 3. The van der Waals surface area contributed by atoms with Crippen molar-refractivity contribution in [3.05, 3.63) is 35.3 Å². The largest absolute Gasteiger partial charge is 0.398 e. The fourth-order valence-corrected chi connectivity index (χ4v) is 1.74. The predicted octanol–water partition coefficient (Wildman–Crippen LogP) is 2.28. The fraction of sp³-hybridized carbons (Fsp3) is 0.385. The Morgan fingerprint density at radius 1 is 1.24 bits per heavy atom. The first-order valence-electron chi connectivity index (χ1n) is 5.96. The summed E-state index contributed by atoms with van der Waals surface area (Å²) in [6.07, 6.45) is 3.65. The molecule has 0 saturated heterocycles. The number of hydrogen-bond acceptors (Lipinski definition) is 3. The normalized spacial score (nSPS) is 10.8. The van der Waals surface area contributed by atoms with E-state index in [1.807, 2.05) is 17.7 Å². The molecule has 0 bridgehead atoms. The number of hydrogen-bond donors (Lipinski definition) is 1. The van der Waals surface area contributed by atoms with Crippen LogP contribution in [0.4, 0.5) is 5.69 Å². The fourth-order valence-electron chi connectivity index (χ4n) is 1.74. The van der Waals surface area contributed by atoms with Gasteiger partial charge in [0, 0.05) is 23.6 Å². The lowest BCUT2D eigenvalue weighted by Gasteiger charge is -2.06. The Morgan fingerprint density at radius 3 is 2.59 bits per heavy atom. The highest BCUT2D eigenvalue weighted by Gasteiger charge is 2.09. The highest BCUT2D eigenvalue weighted by atomic mass is 15.3. The zero-order valence-electron chi connectivity index (χ0n) is 10.6. The maximum Gasteiger partial charge on any atom is 0.155 e. The second-order valence-electron chi connectivity index (χ2n) is 4.15. The lowest BCUT2D eigenvalue weighted by atomic mass is 10.2. The van der Waals surface area contributed by atoms with Gasteiger partial charge >= 0.3 is 0 Å². The third-order valence-electron chi connectivity index (χ3n) is 2.91. The Bertz CT molecular complexity index is 528. The minimum Gasteiger partial charge on any atom is -0.398 e. The molecule has 0 spiro atoms. The molecule has 0 aliphatic carbocycles. The standard InChI is InChI=1S/C13H18N4/c1-4-10-6-11(5-2)17(16-10)13-7-12(14)9(3)8-15-13/h6-8H,4-5H2,1-3H3,(H2,14,15). The van der Waals surface area contributed by atoms with Crippen LogP contribution in [0.1, 0.15) is 30.8 Å². The Hall–Kier alpha value is -1.84. The van der Waals surface area contributed by atoms with E-state index in [4.69, 9.17) is 5.73 Å². The van der Waals surface area contributed by atoms with Crippen LogP contribution in [0.15, 0.2) is 18.3 Å². The first-order valence-corrected chi connectivity index (χ1v) is 5.96. The van der Waals surface area contributed by atoms with Crippen molar-refractivity contribution in [2.24, 2.45) is 0 Å². The molecule has 2 N–H and O–H groups in total. The van der Waals surface area contributed by atoms with E-state index in [0.717, 1.165) is 41.3 Å². The van der Waals surface area contributed by atoms with Gasteiger partial charge in [-0.2, -0.15) is 5.10 Å². The van der Waals surface area contributed by atoms with Gasteiger partial charge in [0.15, 0.2) is 5.82 Å². The van der Waals surface area contributed by atoms with Gasteiger partial charge in [0.25, 0.3) is 0 Å². The van der Waals surface area contributed by atoms with E-state index in [1.165, 1.54) is 0 Å². The topological polar surface area (TPSA) is 56.7 Å². The molecule has 0 radical (unpaired) electrons. The number of anilines is 1. The van der Waals surface area contributed by atoms with Crippen LogP contribution >= 0.6 is 0 Å². The van der Waals surface area contributed by atoms with Crippen molar-refractivity contribution in [2.45, 2.75) is 33.6 Å². The summed E-state index contributed by atoms with van der Waals surface area (Å²) < 4.78 is 1.88. The van der Waals surface area contributed by atoms with E-state index in [9.17, 15) is 0 Å². The van der Waals surface area contributed by atoms with Crippen LogP contribution in [-0.4, -0.2) is 14.8 Å². The Kier molecular flexibility index (Phi) is 3.13. The van der Waals surface area contributed by atoms with Gasteiger partial charge in [0.05, 0.1) is 5.69 Å². The van der Waals surface area contributed by atoms with Crippen molar-refractivity contribution in [2.75, 3.05) is 5.73 Å². The molecule has 2 aromatic rings. The molecule has 0 aliphatic rings. The molecular formula is C13H18N4. The first-order chi connectivity index (χ1) is 8.15. The summed E-state index contributed by atoms with van der Waals surface area (Å²) in [6, 6.07) is 4.00. The lowest BCUT2D eigenvalue weighted by molar-refractivity contribution is 0.772. The molecule has 2 aromatic heterocycles. The quantitative estimate of drug-likeness (QED) is 0.880. The SMILES string of the molecule is CCc1cc(CC)n(-c2cc(N)c(C)cn2)n1. The number of nitrogens with zero attached hydrogens (tertiary/aromatic N) is 3. The third kappa shape index (κ3) is 2.16. The second-order valence-corrected chi connectivity index (χ2v) is 4.15. The predicted molar refractivity (Wildman–Crippen MR) is 69.3 cm³/mol. The average molecular weight is 230 g/mol. The molecule has 17 heavy (non-hydrogen) atoms.